The first-order valence-corrected chi connectivity index (χ1v) is 11.7. The van der Waals surface area contributed by atoms with E-state index in [1.165, 1.54) is 13.2 Å². The second-order valence-electron chi connectivity index (χ2n) is 7.82. The van der Waals surface area contributed by atoms with Crippen LogP contribution < -0.4 is 9.46 Å². The van der Waals surface area contributed by atoms with Gasteiger partial charge in [0.05, 0.1) is 38.4 Å². The molecule has 2 N–H and O–H groups in total. The largest absolute Gasteiger partial charge is 0.495 e. The summed E-state index contributed by atoms with van der Waals surface area (Å²) >= 11 is 0. The fraction of sp³-hybridized carbons (Fsp3) is 0.650. The van der Waals surface area contributed by atoms with E-state index in [1.807, 2.05) is 11.9 Å². The molecule has 2 fully saturated rings. The Labute approximate surface area is 178 Å². The molecule has 0 spiro atoms. The van der Waals surface area contributed by atoms with Crippen molar-refractivity contribution in [3.63, 3.8) is 0 Å². The molecule has 30 heavy (non-hydrogen) atoms. The molecule has 1 aromatic carbocycles. The Kier molecular flexibility index (Phi) is 7.70. The van der Waals surface area contributed by atoms with Crippen molar-refractivity contribution in [1.29, 1.82) is 0 Å². The first kappa shape index (κ1) is 23.0. The maximum absolute atomic E-state index is 12.8. The van der Waals surface area contributed by atoms with E-state index in [1.54, 1.807) is 18.2 Å². The number of carbonyl (C=O) groups is 1. The van der Waals surface area contributed by atoms with E-state index in [4.69, 9.17) is 9.47 Å². The van der Waals surface area contributed by atoms with Gasteiger partial charge in [0.25, 0.3) is 0 Å². The third-order valence-electron chi connectivity index (χ3n) is 5.72. The predicted molar refractivity (Wildman–Crippen MR) is 111 cm³/mol. The number of amides is 1. The summed E-state index contributed by atoms with van der Waals surface area (Å²) < 4.78 is 39.4. The van der Waals surface area contributed by atoms with Crippen LogP contribution in [-0.4, -0.2) is 94.4 Å². The molecular weight excluding hydrogens is 410 g/mol. The highest BCUT2D eigenvalue weighted by Gasteiger charge is 2.36. The summed E-state index contributed by atoms with van der Waals surface area (Å²) in [6, 6.07) is 5.78. The Morgan fingerprint density at radius 1 is 1.23 bits per heavy atom. The van der Waals surface area contributed by atoms with E-state index in [0.717, 1.165) is 13.1 Å². The maximum Gasteiger partial charge on any atom is 0.244 e. The van der Waals surface area contributed by atoms with Crippen molar-refractivity contribution < 1.29 is 27.8 Å². The molecule has 0 bridgehead atoms. The molecule has 0 unspecified atom stereocenters. The minimum absolute atomic E-state index is 0.0385. The van der Waals surface area contributed by atoms with Crippen LogP contribution in [-0.2, 0) is 19.6 Å². The number of para-hydroxylation sites is 1. The normalized spacial score (nSPS) is 25.8. The molecule has 0 radical (unpaired) electrons. The zero-order valence-electron chi connectivity index (χ0n) is 17.5. The number of nitrogens with zero attached hydrogens (tertiary/aromatic N) is 2. The second kappa shape index (κ2) is 10.1. The number of hydrogen-bond acceptors (Lipinski definition) is 7. The zero-order chi connectivity index (χ0) is 21.7. The molecule has 1 amide bonds. The third-order valence-corrected chi connectivity index (χ3v) is 7.25. The number of ether oxygens (including phenoxy) is 2. The van der Waals surface area contributed by atoms with Crippen LogP contribution in [0.3, 0.4) is 0 Å². The van der Waals surface area contributed by atoms with Crippen LogP contribution in [0.15, 0.2) is 29.2 Å². The van der Waals surface area contributed by atoms with Crippen LogP contribution in [0, 0.1) is 0 Å². The van der Waals surface area contributed by atoms with Gasteiger partial charge in [0, 0.05) is 26.2 Å². The molecule has 2 aliphatic rings. The van der Waals surface area contributed by atoms with Gasteiger partial charge >= 0.3 is 0 Å². The van der Waals surface area contributed by atoms with E-state index in [2.05, 4.69) is 9.62 Å². The van der Waals surface area contributed by atoms with Crippen LogP contribution in [0.1, 0.15) is 19.3 Å². The summed E-state index contributed by atoms with van der Waals surface area (Å²) in [6.07, 6.45) is 0.205. The molecule has 9 nitrogen and oxygen atoms in total. The average Bonchev–Trinajstić information content (AvgIpc) is 2.75. The first-order chi connectivity index (χ1) is 14.3. The lowest BCUT2D eigenvalue weighted by molar-refractivity contribution is -0.141. The van der Waals surface area contributed by atoms with E-state index in [-0.39, 0.29) is 35.7 Å². The van der Waals surface area contributed by atoms with Gasteiger partial charge < -0.3 is 24.4 Å². The minimum atomic E-state index is -3.85. The number of hydrogen-bond donors (Lipinski definition) is 2. The number of carbonyl (C=O) groups excluding carboxylic acids is 1. The SMILES string of the molecule is COc1ccccc1S(=O)(=O)N[C@@H]1CC[C@@H](CC(=O)N2CCN(C)CC2)O[C@@H]1CO. The van der Waals surface area contributed by atoms with Crippen molar-refractivity contribution >= 4 is 15.9 Å². The fourth-order valence-corrected chi connectivity index (χ4v) is 5.37. The number of methoxy groups -OCH3 is 1. The summed E-state index contributed by atoms with van der Waals surface area (Å²) in [5.41, 5.74) is 0. The third kappa shape index (κ3) is 5.50. The molecule has 168 valence electrons. The monoisotopic (exact) mass is 441 g/mol. The number of nitrogens with one attached hydrogen (secondary N) is 1. The Morgan fingerprint density at radius 3 is 2.60 bits per heavy atom. The second-order valence-corrected chi connectivity index (χ2v) is 9.51. The molecule has 3 rings (SSSR count). The fourth-order valence-electron chi connectivity index (χ4n) is 3.90. The number of aliphatic hydroxyl groups excluding tert-OH is 1. The van der Waals surface area contributed by atoms with Gasteiger partial charge in [-0.25, -0.2) is 13.1 Å². The lowest BCUT2D eigenvalue weighted by Gasteiger charge is -2.37. The summed E-state index contributed by atoms with van der Waals surface area (Å²) in [5.74, 6) is 0.288. The Hall–Kier alpha value is -1.72. The van der Waals surface area contributed by atoms with Crippen molar-refractivity contribution in [1.82, 2.24) is 14.5 Å². The standard InChI is InChI=1S/C20H31N3O6S/c1-22-9-11-23(12-10-22)20(25)13-15-7-8-16(18(14-24)29-15)21-30(26,27)19-6-4-3-5-17(19)28-2/h3-6,15-16,18,21,24H,7-14H2,1-2H3/t15-,16+,18+/m0/s1. The molecule has 0 aliphatic carbocycles. The van der Waals surface area contributed by atoms with E-state index in [0.29, 0.717) is 25.9 Å². The van der Waals surface area contributed by atoms with Crippen molar-refractivity contribution in [3.8, 4) is 5.75 Å². The van der Waals surface area contributed by atoms with Gasteiger partial charge in [-0.2, -0.15) is 0 Å². The summed E-state index contributed by atoms with van der Waals surface area (Å²) in [5, 5.41) is 9.77. The molecule has 2 saturated heterocycles. The molecule has 2 heterocycles. The van der Waals surface area contributed by atoms with Crippen LogP contribution in [0.25, 0.3) is 0 Å². The molecule has 0 aromatic heterocycles. The van der Waals surface area contributed by atoms with Gasteiger partial charge in [-0.05, 0) is 32.0 Å². The highest BCUT2D eigenvalue weighted by molar-refractivity contribution is 7.89. The first-order valence-electron chi connectivity index (χ1n) is 10.2. The van der Waals surface area contributed by atoms with Gasteiger partial charge in [-0.1, -0.05) is 12.1 Å². The van der Waals surface area contributed by atoms with E-state index in [9.17, 15) is 18.3 Å². The highest BCUT2D eigenvalue weighted by atomic mass is 32.2. The van der Waals surface area contributed by atoms with Crippen LogP contribution in [0.5, 0.6) is 5.75 Å². The van der Waals surface area contributed by atoms with Crippen molar-refractivity contribution in [2.75, 3.05) is 46.9 Å². The van der Waals surface area contributed by atoms with Gasteiger partial charge in [0.15, 0.2) is 0 Å². The number of piperazine rings is 1. The molecule has 2 aliphatic heterocycles. The number of likely N-dealkylation sites (N-methyl/N-ethyl adjacent to an activating group) is 1. The minimum Gasteiger partial charge on any atom is -0.495 e. The average molecular weight is 442 g/mol. The quantitative estimate of drug-likeness (QED) is 0.615. The molecule has 0 saturated carbocycles. The number of benzene rings is 1. The smallest absolute Gasteiger partial charge is 0.244 e. The van der Waals surface area contributed by atoms with Gasteiger partial charge in [0.2, 0.25) is 15.9 Å². The van der Waals surface area contributed by atoms with Crippen molar-refractivity contribution in [3.05, 3.63) is 24.3 Å². The molecule has 3 atom stereocenters. The van der Waals surface area contributed by atoms with Gasteiger partial charge in [-0.3, -0.25) is 4.79 Å². The number of rotatable bonds is 7. The van der Waals surface area contributed by atoms with Crippen LogP contribution in [0.4, 0.5) is 0 Å². The van der Waals surface area contributed by atoms with E-state index >= 15 is 0 Å². The number of aliphatic hydroxyl groups is 1. The van der Waals surface area contributed by atoms with Gasteiger partial charge in [-0.15, -0.1) is 0 Å². The molecule has 10 heteroatoms. The number of sulfonamides is 1. The Balaban J connectivity index is 1.60. The lowest BCUT2D eigenvalue weighted by Crippen LogP contribution is -2.52. The summed E-state index contributed by atoms with van der Waals surface area (Å²) in [7, 11) is -0.409. The Morgan fingerprint density at radius 2 is 1.93 bits per heavy atom. The maximum atomic E-state index is 12.8. The van der Waals surface area contributed by atoms with Crippen LogP contribution in [0.2, 0.25) is 0 Å². The van der Waals surface area contributed by atoms with Crippen molar-refractivity contribution in [2.45, 2.75) is 42.4 Å². The van der Waals surface area contributed by atoms with E-state index < -0.39 is 22.2 Å². The summed E-state index contributed by atoms with van der Waals surface area (Å²) in [6.45, 7) is 2.77. The van der Waals surface area contributed by atoms with Gasteiger partial charge in [0.1, 0.15) is 10.6 Å². The van der Waals surface area contributed by atoms with Crippen molar-refractivity contribution in [2.24, 2.45) is 0 Å². The van der Waals surface area contributed by atoms with Crippen LogP contribution >= 0.6 is 0 Å². The Bertz CT molecular complexity index is 826. The molecular formula is C20H31N3O6S. The topological polar surface area (TPSA) is 108 Å². The lowest BCUT2D eigenvalue weighted by atomic mass is 9.97. The summed E-state index contributed by atoms with van der Waals surface area (Å²) in [4.78, 5) is 16.6. The zero-order valence-corrected chi connectivity index (χ0v) is 18.3. The molecule has 1 aromatic rings. The predicted octanol–water partition coefficient (Wildman–Crippen LogP) is 0.0461. The highest BCUT2D eigenvalue weighted by Crippen LogP contribution is 2.27.